The summed E-state index contributed by atoms with van der Waals surface area (Å²) >= 11 is 4.94. The van der Waals surface area contributed by atoms with Crippen LogP contribution in [0, 0.1) is 10.5 Å². The van der Waals surface area contributed by atoms with Crippen LogP contribution >= 0.6 is 38.5 Å². The van der Waals surface area contributed by atoms with Crippen molar-refractivity contribution >= 4 is 38.5 Å². The van der Waals surface area contributed by atoms with Gasteiger partial charge in [-0.1, -0.05) is 0 Å². The third-order valence-electron chi connectivity index (χ3n) is 1.34. The molecule has 1 aromatic rings. The third-order valence-corrected chi connectivity index (χ3v) is 3.15. The van der Waals surface area contributed by atoms with Crippen molar-refractivity contribution in [1.29, 1.82) is 0 Å². The monoisotopic (exact) mass is 347 g/mol. The second-order valence-electron chi connectivity index (χ2n) is 2.26. The minimum Gasteiger partial charge on any atom is -0.239 e. The van der Waals surface area contributed by atoms with Crippen molar-refractivity contribution in [3.05, 3.63) is 25.5 Å². The van der Waals surface area contributed by atoms with Crippen LogP contribution in [0.15, 0.2) is 10.7 Å². The number of pyridine rings is 1. The molecule has 0 aliphatic rings. The van der Waals surface area contributed by atoms with E-state index in [0.717, 1.165) is 5.56 Å². The van der Waals surface area contributed by atoms with Crippen LogP contribution in [-0.2, 0) is 0 Å². The predicted octanol–water partition coefficient (Wildman–Crippen LogP) is 3.69. The van der Waals surface area contributed by atoms with Crippen molar-refractivity contribution in [3.8, 4) is 0 Å². The van der Waals surface area contributed by atoms with Gasteiger partial charge in [0.25, 0.3) is 6.43 Å². The zero-order valence-electron chi connectivity index (χ0n) is 6.11. The summed E-state index contributed by atoms with van der Waals surface area (Å²) in [5.41, 5.74) is 0.662. The lowest BCUT2D eigenvalue weighted by Crippen LogP contribution is -1.97. The molecule has 0 radical (unpaired) electrons. The van der Waals surface area contributed by atoms with Crippen molar-refractivity contribution in [1.82, 2.24) is 4.98 Å². The Morgan fingerprint density at radius 3 is 2.67 bits per heavy atom. The topological polar surface area (TPSA) is 12.9 Å². The van der Waals surface area contributed by atoms with Gasteiger partial charge in [-0.15, -0.1) is 0 Å². The summed E-state index contributed by atoms with van der Waals surface area (Å²) in [6, 6.07) is 1.72. The Kier molecular flexibility index (Phi) is 3.39. The number of hydrogen-bond acceptors (Lipinski definition) is 1. The minimum atomic E-state index is -2.51. The highest BCUT2D eigenvalue weighted by Gasteiger charge is 2.15. The fourth-order valence-electron chi connectivity index (χ4n) is 0.785. The van der Waals surface area contributed by atoms with Gasteiger partial charge in [0.2, 0.25) is 0 Å². The van der Waals surface area contributed by atoms with E-state index in [0.29, 0.717) is 8.17 Å². The van der Waals surface area contributed by atoms with Crippen molar-refractivity contribution in [2.24, 2.45) is 0 Å². The van der Waals surface area contributed by atoms with Gasteiger partial charge < -0.3 is 0 Å². The standard InChI is InChI=1S/C7H5BrF2IN/c1-3-2-4(8)12-6(5(3)11)7(9)10/h2,7H,1H3. The van der Waals surface area contributed by atoms with Gasteiger partial charge in [0.05, 0.1) is 0 Å². The normalized spacial score (nSPS) is 10.8. The van der Waals surface area contributed by atoms with Crippen molar-refractivity contribution in [3.63, 3.8) is 0 Å². The van der Waals surface area contributed by atoms with E-state index in [2.05, 4.69) is 20.9 Å². The summed E-state index contributed by atoms with van der Waals surface area (Å²) < 4.78 is 25.6. The molecule has 1 aromatic heterocycles. The molecule has 0 saturated carbocycles. The molecule has 0 saturated heterocycles. The molecule has 0 spiro atoms. The van der Waals surface area contributed by atoms with Crippen LogP contribution in [0.5, 0.6) is 0 Å². The first-order valence-corrected chi connectivity index (χ1v) is 5.00. The highest BCUT2D eigenvalue weighted by molar-refractivity contribution is 14.1. The Morgan fingerprint density at radius 2 is 2.17 bits per heavy atom. The first-order chi connectivity index (χ1) is 5.52. The molecule has 0 fully saturated rings. The molecule has 0 unspecified atom stereocenters. The summed E-state index contributed by atoms with van der Waals surface area (Å²) in [7, 11) is 0. The maximum absolute atomic E-state index is 12.3. The van der Waals surface area contributed by atoms with Crippen molar-refractivity contribution in [2.75, 3.05) is 0 Å². The maximum Gasteiger partial charge on any atom is 0.281 e. The Bertz CT molecular complexity index is 304. The van der Waals surface area contributed by atoms with E-state index >= 15 is 0 Å². The molecule has 1 rings (SSSR count). The van der Waals surface area contributed by atoms with Crippen LogP contribution in [-0.4, -0.2) is 4.98 Å². The van der Waals surface area contributed by atoms with E-state index in [4.69, 9.17) is 0 Å². The maximum atomic E-state index is 12.3. The summed E-state index contributed by atoms with van der Waals surface area (Å²) in [5.74, 6) is 0. The molecule has 0 N–H and O–H groups in total. The molecule has 0 aromatic carbocycles. The molecular formula is C7H5BrF2IN. The SMILES string of the molecule is Cc1cc(Br)nc(C(F)F)c1I. The van der Waals surface area contributed by atoms with E-state index in [9.17, 15) is 8.78 Å². The van der Waals surface area contributed by atoms with Crippen LogP contribution in [0.4, 0.5) is 8.78 Å². The van der Waals surface area contributed by atoms with Gasteiger partial charge in [-0.25, -0.2) is 13.8 Å². The minimum absolute atomic E-state index is 0.150. The zero-order valence-corrected chi connectivity index (χ0v) is 9.86. The Hall–Kier alpha value is 0.220. The predicted molar refractivity (Wildman–Crippen MR) is 54.3 cm³/mol. The largest absolute Gasteiger partial charge is 0.281 e. The summed E-state index contributed by atoms with van der Waals surface area (Å²) in [6.07, 6.45) is -2.51. The van der Waals surface area contributed by atoms with Crippen LogP contribution in [0.1, 0.15) is 17.7 Å². The molecule has 0 aliphatic carbocycles. The van der Waals surface area contributed by atoms with Gasteiger partial charge in [0, 0.05) is 3.57 Å². The third kappa shape index (κ3) is 2.12. The molecule has 5 heteroatoms. The highest BCUT2D eigenvalue weighted by atomic mass is 127. The molecule has 0 amide bonds. The van der Waals surface area contributed by atoms with E-state index in [1.807, 2.05) is 22.6 Å². The van der Waals surface area contributed by atoms with Gasteiger partial charge in [-0.2, -0.15) is 0 Å². The number of halogens is 4. The lowest BCUT2D eigenvalue weighted by molar-refractivity contribution is 0.144. The van der Waals surface area contributed by atoms with E-state index in [1.54, 1.807) is 13.0 Å². The molecule has 1 heterocycles. The Labute approximate surface area is 90.8 Å². The molecular weight excluding hydrogens is 343 g/mol. The van der Waals surface area contributed by atoms with Crippen LogP contribution in [0.2, 0.25) is 0 Å². The lowest BCUT2D eigenvalue weighted by atomic mass is 10.2. The smallest absolute Gasteiger partial charge is 0.239 e. The van der Waals surface area contributed by atoms with Gasteiger partial charge in [0.1, 0.15) is 10.3 Å². The number of nitrogens with zero attached hydrogens (tertiary/aromatic N) is 1. The van der Waals surface area contributed by atoms with Gasteiger partial charge in [-0.3, -0.25) is 0 Å². The van der Waals surface area contributed by atoms with E-state index in [1.165, 1.54) is 0 Å². The summed E-state index contributed by atoms with van der Waals surface area (Å²) in [5, 5.41) is 0. The highest BCUT2D eigenvalue weighted by Crippen LogP contribution is 2.26. The zero-order chi connectivity index (χ0) is 9.30. The number of rotatable bonds is 1. The average molecular weight is 348 g/mol. The number of alkyl halides is 2. The number of aromatic nitrogens is 1. The van der Waals surface area contributed by atoms with Gasteiger partial charge in [-0.05, 0) is 57.1 Å². The number of aryl methyl sites for hydroxylation is 1. The fraction of sp³-hybridized carbons (Fsp3) is 0.286. The molecule has 0 bridgehead atoms. The van der Waals surface area contributed by atoms with Crippen LogP contribution in [0.25, 0.3) is 0 Å². The van der Waals surface area contributed by atoms with Gasteiger partial charge in [0.15, 0.2) is 0 Å². The number of hydrogen-bond donors (Lipinski definition) is 0. The molecule has 12 heavy (non-hydrogen) atoms. The second-order valence-corrected chi connectivity index (χ2v) is 4.15. The van der Waals surface area contributed by atoms with Crippen molar-refractivity contribution < 1.29 is 8.78 Å². The first-order valence-electron chi connectivity index (χ1n) is 3.13. The quantitative estimate of drug-likeness (QED) is 0.557. The summed E-state index contributed by atoms with van der Waals surface area (Å²) in [4.78, 5) is 3.69. The van der Waals surface area contributed by atoms with Crippen LogP contribution < -0.4 is 0 Å². The molecule has 66 valence electrons. The van der Waals surface area contributed by atoms with Crippen LogP contribution in [0.3, 0.4) is 0 Å². The average Bonchev–Trinajstić information content (AvgIpc) is 1.96. The Morgan fingerprint density at radius 1 is 1.58 bits per heavy atom. The second kappa shape index (κ2) is 3.95. The molecule has 0 atom stereocenters. The fourth-order valence-corrected chi connectivity index (χ4v) is 1.83. The van der Waals surface area contributed by atoms with Crippen molar-refractivity contribution in [2.45, 2.75) is 13.3 Å². The first kappa shape index (κ1) is 10.3. The molecule has 1 nitrogen and oxygen atoms in total. The molecule has 0 aliphatic heterocycles. The lowest BCUT2D eigenvalue weighted by Gasteiger charge is -2.05. The van der Waals surface area contributed by atoms with Gasteiger partial charge >= 0.3 is 0 Å². The Balaban J connectivity index is 3.28. The van der Waals surface area contributed by atoms with E-state index < -0.39 is 6.43 Å². The summed E-state index contributed by atoms with van der Waals surface area (Å²) in [6.45, 7) is 1.78. The van der Waals surface area contributed by atoms with E-state index in [-0.39, 0.29) is 5.69 Å².